The second kappa shape index (κ2) is 9.34. The van der Waals surface area contributed by atoms with Crippen LogP contribution >= 0.6 is 0 Å². The summed E-state index contributed by atoms with van der Waals surface area (Å²) in [5.74, 6) is 1.46. The number of carbonyl (C=O) groups is 2. The quantitative estimate of drug-likeness (QED) is 0.701. The average Bonchev–Trinajstić information content (AvgIpc) is 3.43. The maximum Gasteiger partial charge on any atom is 0.261 e. The number of rotatable bonds is 7. The fraction of sp³-hybridized carbons (Fsp3) is 0.478. The monoisotopic (exact) mass is 411 g/mol. The molecule has 3 heterocycles. The summed E-state index contributed by atoms with van der Waals surface area (Å²) in [6.07, 6.45) is 4.97. The summed E-state index contributed by atoms with van der Waals surface area (Å²) < 4.78 is 11.3. The number of anilines is 1. The van der Waals surface area contributed by atoms with Gasteiger partial charge >= 0.3 is 0 Å². The van der Waals surface area contributed by atoms with E-state index in [-0.39, 0.29) is 24.5 Å². The third-order valence-corrected chi connectivity index (χ3v) is 5.92. The Bertz CT molecular complexity index is 859. The second-order valence-electron chi connectivity index (χ2n) is 8.07. The number of amides is 2. The summed E-state index contributed by atoms with van der Waals surface area (Å²) in [4.78, 5) is 31.0. The van der Waals surface area contributed by atoms with Crippen LogP contribution in [-0.4, -0.2) is 60.9 Å². The summed E-state index contributed by atoms with van der Waals surface area (Å²) in [7, 11) is 2.11. The van der Waals surface area contributed by atoms with E-state index in [9.17, 15) is 9.59 Å². The summed E-state index contributed by atoms with van der Waals surface area (Å²) in [6, 6.07) is 11.3. The lowest BCUT2D eigenvalue weighted by molar-refractivity contribution is -0.137. The van der Waals surface area contributed by atoms with Crippen molar-refractivity contribution in [3.8, 4) is 5.75 Å². The zero-order valence-corrected chi connectivity index (χ0v) is 17.5. The first kappa shape index (κ1) is 20.5. The van der Waals surface area contributed by atoms with Gasteiger partial charge in [-0.2, -0.15) is 0 Å². The Morgan fingerprint density at radius 2 is 2.03 bits per heavy atom. The van der Waals surface area contributed by atoms with Crippen LogP contribution in [0.25, 0.3) is 0 Å². The maximum absolute atomic E-state index is 13.1. The largest absolute Gasteiger partial charge is 0.484 e. The lowest BCUT2D eigenvalue weighted by Gasteiger charge is -2.37. The summed E-state index contributed by atoms with van der Waals surface area (Å²) in [5, 5.41) is 0. The molecule has 0 atom stereocenters. The van der Waals surface area contributed by atoms with Gasteiger partial charge in [0.25, 0.3) is 5.91 Å². The van der Waals surface area contributed by atoms with E-state index in [1.807, 2.05) is 41.3 Å². The molecule has 0 bridgehead atoms. The van der Waals surface area contributed by atoms with E-state index in [0.717, 1.165) is 50.3 Å². The summed E-state index contributed by atoms with van der Waals surface area (Å²) >= 11 is 0. The van der Waals surface area contributed by atoms with Gasteiger partial charge in [0, 0.05) is 30.8 Å². The van der Waals surface area contributed by atoms with Gasteiger partial charge in [-0.25, -0.2) is 0 Å². The number of benzene rings is 1. The van der Waals surface area contributed by atoms with Crippen LogP contribution in [0.2, 0.25) is 0 Å². The summed E-state index contributed by atoms with van der Waals surface area (Å²) in [6.45, 7) is 3.09. The molecule has 0 N–H and O–H groups in total. The lowest BCUT2D eigenvalue weighted by Crippen LogP contribution is -2.47. The number of ether oxygens (including phenoxy) is 1. The predicted octanol–water partition coefficient (Wildman–Crippen LogP) is 2.91. The van der Waals surface area contributed by atoms with Gasteiger partial charge in [0.15, 0.2) is 6.61 Å². The van der Waals surface area contributed by atoms with Crippen molar-refractivity contribution < 1.29 is 18.7 Å². The highest BCUT2D eigenvalue weighted by Crippen LogP contribution is 2.26. The number of furan rings is 1. The number of hydrogen-bond acceptors (Lipinski definition) is 5. The Labute approximate surface area is 177 Å². The Morgan fingerprint density at radius 3 is 2.73 bits per heavy atom. The molecule has 4 rings (SSSR count). The molecular formula is C23H29N3O4. The van der Waals surface area contributed by atoms with E-state index in [1.165, 1.54) is 0 Å². The number of piperidine rings is 1. The molecule has 2 aromatic rings. The molecule has 7 heteroatoms. The van der Waals surface area contributed by atoms with Crippen molar-refractivity contribution in [2.75, 3.05) is 38.2 Å². The Morgan fingerprint density at radius 1 is 1.20 bits per heavy atom. The van der Waals surface area contributed by atoms with Crippen LogP contribution in [0, 0.1) is 0 Å². The lowest BCUT2D eigenvalue weighted by atomic mass is 10.0. The molecule has 7 nitrogen and oxygen atoms in total. The van der Waals surface area contributed by atoms with Gasteiger partial charge in [-0.1, -0.05) is 6.07 Å². The van der Waals surface area contributed by atoms with Crippen molar-refractivity contribution in [1.29, 1.82) is 0 Å². The van der Waals surface area contributed by atoms with Gasteiger partial charge in [0.2, 0.25) is 5.91 Å². The smallest absolute Gasteiger partial charge is 0.261 e. The number of carbonyl (C=O) groups excluding carboxylic acids is 2. The van der Waals surface area contributed by atoms with Gasteiger partial charge in [0.1, 0.15) is 11.5 Å². The van der Waals surface area contributed by atoms with Gasteiger partial charge in [-0.3, -0.25) is 9.59 Å². The first-order chi connectivity index (χ1) is 14.6. The molecule has 30 heavy (non-hydrogen) atoms. The molecule has 160 valence electrons. The molecule has 0 radical (unpaired) electrons. The third-order valence-electron chi connectivity index (χ3n) is 5.92. The van der Waals surface area contributed by atoms with Crippen molar-refractivity contribution in [2.24, 2.45) is 0 Å². The van der Waals surface area contributed by atoms with Gasteiger partial charge in [-0.15, -0.1) is 0 Å². The van der Waals surface area contributed by atoms with Crippen LogP contribution in [0.5, 0.6) is 5.75 Å². The van der Waals surface area contributed by atoms with Crippen molar-refractivity contribution in [3.05, 3.63) is 48.4 Å². The van der Waals surface area contributed by atoms with Crippen molar-refractivity contribution >= 4 is 17.5 Å². The SMILES string of the molecule is CN1CCC(N(Cc2ccco2)C(=O)COc2cccc(N3CCCC3=O)c2)CC1. The molecule has 1 aromatic carbocycles. The molecule has 0 unspecified atom stereocenters. The topological polar surface area (TPSA) is 66.2 Å². The zero-order chi connectivity index (χ0) is 20.9. The fourth-order valence-corrected chi connectivity index (χ4v) is 4.19. The van der Waals surface area contributed by atoms with E-state index in [2.05, 4.69) is 11.9 Å². The van der Waals surface area contributed by atoms with Crippen molar-refractivity contribution in [3.63, 3.8) is 0 Å². The second-order valence-corrected chi connectivity index (χ2v) is 8.07. The molecule has 2 saturated heterocycles. The zero-order valence-electron chi connectivity index (χ0n) is 17.5. The Kier molecular flexibility index (Phi) is 6.38. The highest BCUT2D eigenvalue weighted by Gasteiger charge is 2.28. The van der Waals surface area contributed by atoms with Crippen LogP contribution in [0.15, 0.2) is 47.1 Å². The number of hydrogen-bond donors (Lipinski definition) is 0. The first-order valence-electron chi connectivity index (χ1n) is 10.6. The highest BCUT2D eigenvalue weighted by atomic mass is 16.5. The van der Waals surface area contributed by atoms with E-state index in [4.69, 9.17) is 9.15 Å². The predicted molar refractivity (Wildman–Crippen MR) is 113 cm³/mol. The number of nitrogens with zero attached hydrogens (tertiary/aromatic N) is 3. The van der Waals surface area contributed by atoms with Crippen LogP contribution in [-0.2, 0) is 16.1 Å². The van der Waals surface area contributed by atoms with E-state index >= 15 is 0 Å². The van der Waals surface area contributed by atoms with Gasteiger partial charge < -0.3 is 23.9 Å². The van der Waals surface area contributed by atoms with Gasteiger partial charge in [-0.05, 0) is 63.7 Å². The van der Waals surface area contributed by atoms with E-state index < -0.39 is 0 Å². The Balaban J connectivity index is 1.41. The molecule has 0 saturated carbocycles. The number of likely N-dealkylation sites (tertiary alicyclic amines) is 1. The summed E-state index contributed by atoms with van der Waals surface area (Å²) in [5.41, 5.74) is 0.824. The van der Waals surface area contributed by atoms with Crippen molar-refractivity contribution in [2.45, 2.75) is 38.3 Å². The molecular weight excluding hydrogens is 382 g/mol. The van der Waals surface area contributed by atoms with E-state index in [1.54, 1.807) is 11.2 Å². The molecule has 2 fully saturated rings. The molecule has 2 aliphatic heterocycles. The van der Waals surface area contributed by atoms with Gasteiger partial charge in [0.05, 0.1) is 12.8 Å². The minimum absolute atomic E-state index is 0.0373. The average molecular weight is 412 g/mol. The first-order valence-corrected chi connectivity index (χ1v) is 10.6. The molecule has 2 amide bonds. The van der Waals surface area contributed by atoms with E-state index in [0.29, 0.717) is 18.7 Å². The standard InChI is InChI=1S/C23H29N3O4/c1-24-12-9-18(10-13-24)26(16-21-7-4-14-29-21)23(28)17-30-20-6-2-5-19(15-20)25-11-3-8-22(25)27/h2,4-7,14-15,18H,3,8-13,16-17H2,1H3. The minimum Gasteiger partial charge on any atom is -0.484 e. The Hall–Kier alpha value is -2.80. The molecule has 2 aliphatic rings. The van der Waals surface area contributed by atoms with Crippen LogP contribution in [0.4, 0.5) is 5.69 Å². The normalized spacial score (nSPS) is 18.0. The third kappa shape index (κ3) is 4.84. The fourth-order valence-electron chi connectivity index (χ4n) is 4.19. The van der Waals surface area contributed by atoms with Crippen LogP contribution in [0.3, 0.4) is 0 Å². The molecule has 1 aromatic heterocycles. The van der Waals surface area contributed by atoms with Crippen LogP contribution < -0.4 is 9.64 Å². The highest BCUT2D eigenvalue weighted by molar-refractivity contribution is 5.95. The van der Waals surface area contributed by atoms with Crippen molar-refractivity contribution in [1.82, 2.24) is 9.80 Å². The maximum atomic E-state index is 13.1. The minimum atomic E-state index is -0.0522. The molecule has 0 aliphatic carbocycles. The molecule has 0 spiro atoms. The van der Waals surface area contributed by atoms with Crippen LogP contribution in [0.1, 0.15) is 31.4 Å².